The van der Waals surface area contributed by atoms with Gasteiger partial charge in [-0.05, 0) is 33.6 Å². The summed E-state index contributed by atoms with van der Waals surface area (Å²) in [5, 5.41) is 0.560. The average Bonchev–Trinajstić information content (AvgIpc) is 2.75. The fourth-order valence-corrected chi connectivity index (χ4v) is 2.10. The Morgan fingerprint density at radius 3 is 2.82 bits per heavy atom. The number of benzene rings is 1. The number of ether oxygens (including phenoxy) is 1. The predicted octanol–water partition coefficient (Wildman–Crippen LogP) is 2.88. The molecular weight excluding hydrogens is 305 g/mol. The highest BCUT2D eigenvalue weighted by Crippen LogP contribution is 2.28. The molecule has 0 aliphatic heterocycles. The Labute approximate surface area is 112 Å². The van der Waals surface area contributed by atoms with E-state index in [1.807, 2.05) is 12.1 Å². The average molecular weight is 317 g/mol. The molecule has 4 nitrogen and oxygen atoms in total. The summed E-state index contributed by atoms with van der Waals surface area (Å²) in [5.74, 6) is 1.36. The Kier molecular flexibility index (Phi) is 3.71. The van der Waals surface area contributed by atoms with Crippen molar-refractivity contribution < 1.29 is 4.74 Å². The van der Waals surface area contributed by atoms with Crippen LogP contribution in [0.4, 0.5) is 0 Å². The number of methoxy groups -OCH3 is 1. The first kappa shape index (κ1) is 12.4. The van der Waals surface area contributed by atoms with Gasteiger partial charge in [-0.25, -0.2) is 4.98 Å². The van der Waals surface area contributed by atoms with Gasteiger partial charge < -0.3 is 15.5 Å². The van der Waals surface area contributed by atoms with Crippen molar-refractivity contribution >= 4 is 27.5 Å². The van der Waals surface area contributed by atoms with Crippen LogP contribution in [0.25, 0.3) is 0 Å². The van der Waals surface area contributed by atoms with Crippen molar-refractivity contribution in [3.63, 3.8) is 0 Å². The van der Waals surface area contributed by atoms with Crippen LogP contribution < -0.4 is 10.5 Å². The van der Waals surface area contributed by atoms with E-state index in [1.165, 1.54) is 0 Å². The normalized spacial score (nSPS) is 12.5. The molecule has 0 saturated heterocycles. The molecule has 0 bridgehead atoms. The number of nitrogens with one attached hydrogen (secondary N) is 1. The summed E-state index contributed by atoms with van der Waals surface area (Å²) in [6.45, 7) is 0. The molecule has 0 aliphatic carbocycles. The lowest BCUT2D eigenvalue weighted by atomic mass is 10.1. The fourth-order valence-electron chi connectivity index (χ4n) is 1.51. The number of rotatable bonds is 3. The lowest BCUT2D eigenvalue weighted by molar-refractivity contribution is 0.414. The number of nitrogens with two attached hydrogens (primary N) is 1. The highest BCUT2D eigenvalue weighted by molar-refractivity contribution is 9.10. The summed E-state index contributed by atoms with van der Waals surface area (Å²) < 4.78 is 5.87. The van der Waals surface area contributed by atoms with E-state index in [-0.39, 0.29) is 6.04 Å². The van der Waals surface area contributed by atoms with Gasteiger partial charge in [-0.3, -0.25) is 0 Å². The largest absolute Gasteiger partial charge is 0.497 e. The van der Waals surface area contributed by atoms with Gasteiger partial charge in [0.05, 0.1) is 19.3 Å². The van der Waals surface area contributed by atoms with Gasteiger partial charge in [0.15, 0.2) is 0 Å². The lowest BCUT2D eigenvalue weighted by Gasteiger charge is -2.12. The zero-order valence-corrected chi connectivity index (χ0v) is 11.4. The van der Waals surface area contributed by atoms with Gasteiger partial charge in [0.25, 0.3) is 0 Å². The zero-order valence-electron chi connectivity index (χ0n) is 9.08. The van der Waals surface area contributed by atoms with Gasteiger partial charge in [0, 0.05) is 5.02 Å². The summed E-state index contributed by atoms with van der Waals surface area (Å²) in [5.41, 5.74) is 6.88. The first-order valence-corrected chi connectivity index (χ1v) is 6.08. The van der Waals surface area contributed by atoms with E-state index < -0.39 is 0 Å². The first-order chi connectivity index (χ1) is 8.11. The van der Waals surface area contributed by atoms with Crippen LogP contribution in [0.5, 0.6) is 5.75 Å². The van der Waals surface area contributed by atoms with Crippen molar-refractivity contribution in [2.75, 3.05) is 7.11 Å². The number of H-pyrrole nitrogens is 1. The Hall–Kier alpha value is -1.04. The number of halogens is 2. The standard InChI is InChI=1S/C11H11BrClN3O/c1-17-6-2-3-7(8(13)4-6)10(14)11-15-5-9(12)16-11/h2-5,10H,14H2,1H3,(H,15,16). The second kappa shape index (κ2) is 5.08. The maximum absolute atomic E-state index is 6.15. The van der Waals surface area contributed by atoms with Gasteiger partial charge in [-0.15, -0.1) is 0 Å². The van der Waals surface area contributed by atoms with E-state index >= 15 is 0 Å². The van der Waals surface area contributed by atoms with E-state index in [2.05, 4.69) is 25.9 Å². The molecule has 2 rings (SSSR count). The Bertz CT molecular complexity index is 529. The molecule has 1 aromatic heterocycles. The molecule has 0 spiro atoms. The molecule has 3 N–H and O–H groups in total. The number of aromatic amines is 1. The van der Waals surface area contributed by atoms with Crippen LogP contribution in [0.3, 0.4) is 0 Å². The molecule has 17 heavy (non-hydrogen) atoms. The smallest absolute Gasteiger partial charge is 0.128 e. The van der Waals surface area contributed by atoms with Crippen molar-refractivity contribution in [1.82, 2.24) is 9.97 Å². The maximum atomic E-state index is 6.15. The molecule has 0 saturated carbocycles. The van der Waals surface area contributed by atoms with Crippen molar-refractivity contribution in [1.29, 1.82) is 0 Å². The van der Waals surface area contributed by atoms with E-state index in [9.17, 15) is 0 Å². The number of imidazole rings is 1. The van der Waals surface area contributed by atoms with Gasteiger partial charge >= 0.3 is 0 Å². The first-order valence-electron chi connectivity index (χ1n) is 4.91. The van der Waals surface area contributed by atoms with E-state index in [4.69, 9.17) is 22.1 Å². The number of nitrogens with zero attached hydrogens (tertiary/aromatic N) is 1. The van der Waals surface area contributed by atoms with Gasteiger partial charge in [-0.2, -0.15) is 0 Å². The highest BCUT2D eigenvalue weighted by Gasteiger charge is 2.15. The van der Waals surface area contributed by atoms with Crippen LogP contribution in [0, 0.1) is 0 Å². The molecule has 0 radical (unpaired) electrons. The van der Waals surface area contributed by atoms with Crippen LogP contribution in [0.2, 0.25) is 5.02 Å². The number of hydrogen-bond acceptors (Lipinski definition) is 3. The summed E-state index contributed by atoms with van der Waals surface area (Å²) in [4.78, 5) is 7.18. The molecule has 0 amide bonds. The molecule has 90 valence electrons. The van der Waals surface area contributed by atoms with Crippen LogP contribution in [0.15, 0.2) is 29.0 Å². The fraction of sp³-hybridized carbons (Fsp3) is 0.182. The number of hydrogen-bond donors (Lipinski definition) is 2. The SMILES string of the molecule is COc1ccc(C(N)c2ncc(Br)[nH]2)c(Cl)c1. The highest BCUT2D eigenvalue weighted by atomic mass is 79.9. The molecular formula is C11H11BrClN3O. The van der Waals surface area contributed by atoms with Crippen molar-refractivity contribution in [3.05, 3.63) is 45.4 Å². The zero-order chi connectivity index (χ0) is 12.4. The van der Waals surface area contributed by atoms with Gasteiger partial charge in [0.1, 0.15) is 16.2 Å². The Morgan fingerprint density at radius 2 is 2.29 bits per heavy atom. The molecule has 0 aliphatic rings. The monoisotopic (exact) mass is 315 g/mol. The predicted molar refractivity (Wildman–Crippen MR) is 70.3 cm³/mol. The van der Waals surface area contributed by atoms with E-state index in [0.717, 1.165) is 10.2 Å². The topological polar surface area (TPSA) is 63.9 Å². The van der Waals surface area contributed by atoms with Crippen LogP contribution >= 0.6 is 27.5 Å². The van der Waals surface area contributed by atoms with Gasteiger partial charge in [0.2, 0.25) is 0 Å². The van der Waals surface area contributed by atoms with E-state index in [0.29, 0.717) is 16.6 Å². The molecule has 6 heteroatoms. The van der Waals surface area contributed by atoms with Crippen LogP contribution in [-0.2, 0) is 0 Å². The third-order valence-electron chi connectivity index (χ3n) is 2.40. The quantitative estimate of drug-likeness (QED) is 0.915. The summed E-state index contributed by atoms with van der Waals surface area (Å²) in [6.07, 6.45) is 1.66. The molecule has 1 atom stereocenters. The second-order valence-electron chi connectivity index (χ2n) is 3.48. The molecule has 1 aromatic carbocycles. The third-order valence-corrected chi connectivity index (χ3v) is 3.13. The summed E-state index contributed by atoms with van der Waals surface area (Å²) >= 11 is 9.43. The van der Waals surface area contributed by atoms with Gasteiger partial charge in [-0.1, -0.05) is 17.7 Å². The van der Waals surface area contributed by atoms with Crippen LogP contribution in [-0.4, -0.2) is 17.1 Å². The van der Waals surface area contributed by atoms with E-state index in [1.54, 1.807) is 19.4 Å². The summed E-state index contributed by atoms with van der Waals surface area (Å²) in [6, 6.07) is 5.00. The Morgan fingerprint density at radius 1 is 1.53 bits per heavy atom. The van der Waals surface area contributed by atoms with Crippen molar-refractivity contribution in [3.8, 4) is 5.75 Å². The van der Waals surface area contributed by atoms with Crippen molar-refractivity contribution in [2.45, 2.75) is 6.04 Å². The summed E-state index contributed by atoms with van der Waals surface area (Å²) in [7, 11) is 1.59. The third kappa shape index (κ3) is 2.62. The second-order valence-corrected chi connectivity index (χ2v) is 4.74. The minimum Gasteiger partial charge on any atom is -0.497 e. The minimum absolute atomic E-state index is 0.389. The Balaban J connectivity index is 2.34. The molecule has 2 aromatic rings. The number of aromatic nitrogens is 2. The molecule has 1 heterocycles. The molecule has 1 unspecified atom stereocenters. The van der Waals surface area contributed by atoms with Crippen LogP contribution in [0.1, 0.15) is 17.4 Å². The lowest BCUT2D eigenvalue weighted by Crippen LogP contribution is -2.14. The van der Waals surface area contributed by atoms with Crippen molar-refractivity contribution in [2.24, 2.45) is 5.73 Å². The minimum atomic E-state index is -0.389. The maximum Gasteiger partial charge on any atom is 0.128 e. The molecule has 0 fully saturated rings.